The van der Waals surface area contributed by atoms with E-state index >= 15 is 0 Å². The summed E-state index contributed by atoms with van der Waals surface area (Å²) in [6, 6.07) is 1.23. The van der Waals surface area contributed by atoms with Crippen LogP contribution in [0.15, 0.2) is 17.1 Å². The molecule has 3 heterocycles. The van der Waals surface area contributed by atoms with E-state index < -0.39 is 65.8 Å². The fraction of sp³-hybridized carbons (Fsp3) is 0.538. The van der Waals surface area contributed by atoms with Crippen molar-refractivity contribution in [3.63, 3.8) is 0 Å². The van der Waals surface area contributed by atoms with Gasteiger partial charge in [-0.15, -0.1) is 0 Å². The van der Waals surface area contributed by atoms with Gasteiger partial charge in [0, 0.05) is 6.20 Å². The van der Waals surface area contributed by atoms with Gasteiger partial charge in [-0.1, -0.05) is 0 Å². The van der Waals surface area contributed by atoms with E-state index in [0.29, 0.717) is 0 Å². The summed E-state index contributed by atoms with van der Waals surface area (Å²) in [5.74, 6) is -0.331. The largest absolute Gasteiger partial charge is 0.490 e. The number of alkyl halides is 1. The number of hydrogen-bond donors (Lipinski definition) is 8. The molecule has 2 aromatic rings. The number of nitrogens with one attached hydrogen (secondary N) is 1. The number of nitrogen functional groups attached to an aromatic ring is 1. The van der Waals surface area contributed by atoms with Crippen molar-refractivity contribution in [2.24, 2.45) is 0 Å². The molecule has 9 N–H and O–H groups in total. The number of rotatable bonds is 9. The van der Waals surface area contributed by atoms with Crippen LogP contribution in [0.1, 0.15) is 13.2 Å². The normalized spacial score (nSPS) is 29.7. The molecule has 1 fully saturated rings. The highest BCUT2D eigenvalue weighted by molar-refractivity contribution is 7.66. The molecule has 198 valence electrons. The fourth-order valence-electron chi connectivity index (χ4n) is 3.41. The van der Waals surface area contributed by atoms with E-state index in [0.717, 1.165) is 11.5 Å². The number of anilines is 1. The Morgan fingerprint density at radius 1 is 1.29 bits per heavy atom. The average Bonchev–Trinajstić information content (AvgIpc) is 3.18. The van der Waals surface area contributed by atoms with E-state index in [4.69, 9.17) is 20.3 Å². The Balaban J connectivity index is 1.88. The second kappa shape index (κ2) is 9.39. The molecule has 0 bridgehead atoms. The number of aromatic amines is 1. The molecular formula is C13H20FN4O14P3. The number of H-pyrrole nitrogens is 1. The fourth-order valence-corrected chi connectivity index (χ4v) is 6.61. The minimum atomic E-state index is -5.83. The van der Waals surface area contributed by atoms with E-state index in [9.17, 15) is 42.9 Å². The summed E-state index contributed by atoms with van der Waals surface area (Å²) in [7, 11) is -17.1. The lowest BCUT2D eigenvalue weighted by molar-refractivity contribution is -0.119. The number of phosphoric ester groups is 1. The van der Waals surface area contributed by atoms with Gasteiger partial charge in [-0.2, -0.15) is 13.6 Å². The number of halogens is 1. The van der Waals surface area contributed by atoms with E-state index in [-0.39, 0.29) is 17.0 Å². The number of fused-ring (bicyclic) bond motifs is 1. The van der Waals surface area contributed by atoms with Crippen LogP contribution >= 0.6 is 23.5 Å². The molecule has 3 rings (SSSR count). The summed E-state index contributed by atoms with van der Waals surface area (Å²) in [6.45, 7) is -0.669. The number of aliphatic hydroxyl groups excluding tert-OH is 1. The van der Waals surface area contributed by atoms with Crippen LogP contribution in [-0.2, 0) is 31.6 Å². The van der Waals surface area contributed by atoms with E-state index in [1.54, 1.807) is 0 Å². The standard InChI is InChI=1S/C13H20FN4O14P3/c1-5(30-34(25,26)32-35(27,28)31-33(22,23)24)7-8(19)13(21,4-14)11(29-7)18-3-2-6-9(18)16-12(15)17-10(6)20/h2-3,5,7-8,11,19,21H,4H2,1H3,(H,25,26)(H,27,28)(H2,22,23,24)(H3,15,16,17,20)/t5-,7+,8?,11+,13+/m0/s1. The van der Waals surface area contributed by atoms with Crippen LogP contribution in [0.4, 0.5) is 10.3 Å². The van der Waals surface area contributed by atoms with Crippen molar-refractivity contribution in [1.82, 2.24) is 14.5 Å². The summed E-state index contributed by atoms with van der Waals surface area (Å²) < 4.78 is 66.4. The molecular weight excluding hydrogens is 548 g/mol. The Hall–Kier alpha value is -1.56. The van der Waals surface area contributed by atoms with Gasteiger partial charge in [0.15, 0.2) is 17.5 Å². The van der Waals surface area contributed by atoms with Gasteiger partial charge in [-0.05, 0) is 13.0 Å². The first kappa shape index (κ1) is 28.0. The molecule has 18 nitrogen and oxygen atoms in total. The average molecular weight is 568 g/mol. The third-order valence-electron chi connectivity index (χ3n) is 4.78. The third kappa shape index (κ3) is 5.89. The van der Waals surface area contributed by atoms with Gasteiger partial charge in [-0.25, -0.2) is 18.1 Å². The predicted octanol–water partition coefficient (Wildman–Crippen LogP) is -1.00. The lowest BCUT2D eigenvalue weighted by Gasteiger charge is -2.29. The molecule has 35 heavy (non-hydrogen) atoms. The summed E-state index contributed by atoms with van der Waals surface area (Å²) in [4.78, 5) is 54.2. The number of phosphoric acid groups is 3. The van der Waals surface area contributed by atoms with Crippen molar-refractivity contribution in [1.29, 1.82) is 0 Å². The Bertz CT molecular complexity index is 1310. The van der Waals surface area contributed by atoms with E-state index in [1.807, 2.05) is 0 Å². The monoisotopic (exact) mass is 568 g/mol. The molecule has 0 aliphatic carbocycles. The summed E-state index contributed by atoms with van der Waals surface area (Å²) in [5.41, 5.74) is 1.95. The Kier molecular flexibility index (Phi) is 7.52. The van der Waals surface area contributed by atoms with Crippen molar-refractivity contribution < 1.29 is 65.8 Å². The van der Waals surface area contributed by atoms with E-state index in [1.165, 1.54) is 12.3 Å². The van der Waals surface area contributed by atoms with Crippen molar-refractivity contribution >= 4 is 40.4 Å². The number of ether oxygens (including phenoxy) is 1. The minimum absolute atomic E-state index is 0.0386. The van der Waals surface area contributed by atoms with Gasteiger partial charge >= 0.3 is 23.5 Å². The molecule has 0 radical (unpaired) electrons. The maximum atomic E-state index is 13.9. The van der Waals surface area contributed by atoms with Crippen LogP contribution in [-0.4, -0.2) is 74.9 Å². The highest BCUT2D eigenvalue weighted by atomic mass is 31.3. The van der Waals surface area contributed by atoms with Crippen molar-refractivity contribution in [2.45, 2.75) is 37.1 Å². The van der Waals surface area contributed by atoms with Crippen molar-refractivity contribution in [3.05, 3.63) is 22.6 Å². The van der Waals surface area contributed by atoms with Crippen LogP contribution in [0.25, 0.3) is 11.0 Å². The second-order valence-corrected chi connectivity index (χ2v) is 11.7. The van der Waals surface area contributed by atoms with Crippen LogP contribution in [0.2, 0.25) is 0 Å². The summed E-state index contributed by atoms with van der Waals surface area (Å²) in [5, 5.41) is 21.3. The maximum Gasteiger partial charge on any atom is 0.490 e. The van der Waals surface area contributed by atoms with Crippen LogP contribution in [0.5, 0.6) is 0 Å². The van der Waals surface area contributed by atoms with Crippen molar-refractivity contribution in [3.8, 4) is 0 Å². The van der Waals surface area contributed by atoms with Gasteiger partial charge in [0.05, 0.1) is 11.5 Å². The topological polar surface area (TPSA) is 286 Å². The molecule has 1 saturated heterocycles. The van der Waals surface area contributed by atoms with Gasteiger partial charge < -0.3 is 44.8 Å². The van der Waals surface area contributed by atoms with Crippen LogP contribution in [0.3, 0.4) is 0 Å². The number of nitrogens with zero attached hydrogens (tertiary/aromatic N) is 2. The molecule has 0 aromatic carbocycles. The minimum Gasteiger partial charge on any atom is -0.387 e. The number of aliphatic hydroxyl groups is 2. The second-order valence-electron chi connectivity index (χ2n) is 7.34. The quantitative estimate of drug-likeness (QED) is 0.168. The lowest BCUT2D eigenvalue weighted by atomic mass is 9.93. The van der Waals surface area contributed by atoms with Gasteiger partial charge in [0.2, 0.25) is 5.95 Å². The first-order chi connectivity index (χ1) is 15.9. The first-order valence-electron chi connectivity index (χ1n) is 9.19. The van der Waals surface area contributed by atoms with Gasteiger partial charge in [-0.3, -0.25) is 14.3 Å². The SMILES string of the molecule is C[C@H](OP(=O)(O)OP(=O)(O)OP(=O)(O)O)[C@H]1O[C@@H](n2ccc3c(=O)[nH]c(N)nc32)[C@@](O)(CF)C1O. The van der Waals surface area contributed by atoms with Gasteiger partial charge in [0.1, 0.15) is 18.9 Å². The molecule has 2 aromatic heterocycles. The molecule has 0 spiro atoms. The zero-order valence-electron chi connectivity index (χ0n) is 17.3. The third-order valence-corrected chi connectivity index (χ3v) is 8.71. The Morgan fingerprint density at radius 2 is 1.91 bits per heavy atom. The molecule has 1 aliphatic heterocycles. The van der Waals surface area contributed by atoms with Crippen molar-refractivity contribution in [2.75, 3.05) is 12.4 Å². The molecule has 0 saturated carbocycles. The van der Waals surface area contributed by atoms with Crippen LogP contribution < -0.4 is 11.3 Å². The highest BCUT2D eigenvalue weighted by Crippen LogP contribution is 2.66. The summed E-state index contributed by atoms with van der Waals surface area (Å²) in [6.07, 6.45) is -6.37. The Labute approximate surface area is 193 Å². The number of nitrogens with two attached hydrogens (primary N) is 1. The number of aromatic nitrogens is 3. The lowest BCUT2D eigenvalue weighted by Crippen LogP contribution is -2.50. The highest BCUT2D eigenvalue weighted by Gasteiger charge is 2.59. The van der Waals surface area contributed by atoms with Crippen LogP contribution in [0, 0.1) is 0 Å². The van der Waals surface area contributed by atoms with Gasteiger partial charge in [0.25, 0.3) is 5.56 Å². The first-order valence-corrected chi connectivity index (χ1v) is 13.7. The summed E-state index contributed by atoms with van der Waals surface area (Å²) >= 11 is 0. The van der Waals surface area contributed by atoms with E-state index in [2.05, 4.69) is 23.1 Å². The molecule has 3 unspecified atom stereocenters. The molecule has 22 heteroatoms. The predicted molar refractivity (Wildman–Crippen MR) is 110 cm³/mol. The molecule has 0 amide bonds. The maximum absolute atomic E-state index is 13.9. The Morgan fingerprint density at radius 3 is 2.49 bits per heavy atom. The molecule has 1 aliphatic rings. The zero-order valence-corrected chi connectivity index (χ0v) is 20.0. The molecule has 7 atom stereocenters. The smallest absolute Gasteiger partial charge is 0.387 e. The zero-order chi connectivity index (χ0) is 26.6. The number of hydrogen-bond acceptors (Lipinski definition) is 12.